The highest BCUT2D eigenvalue weighted by molar-refractivity contribution is 7.26. The summed E-state index contributed by atoms with van der Waals surface area (Å²) in [5, 5.41) is 10.4. The molecule has 0 aliphatic heterocycles. The fourth-order valence-corrected chi connectivity index (χ4v) is 10.6. The van der Waals surface area contributed by atoms with Crippen LogP contribution in [0.5, 0.6) is 0 Å². The first-order chi connectivity index (χ1) is 26.3. The molecule has 9 aromatic carbocycles. The average molecular weight is 710 g/mol. The van der Waals surface area contributed by atoms with Crippen LogP contribution in [-0.4, -0.2) is 0 Å². The Balaban J connectivity index is 1.11. The Kier molecular flexibility index (Phi) is 6.97. The van der Waals surface area contributed by atoms with Crippen LogP contribution in [0.1, 0.15) is 0 Å². The normalized spacial score (nSPS) is 11.8. The van der Waals surface area contributed by atoms with E-state index in [1.165, 1.54) is 89.8 Å². The molecule has 0 saturated heterocycles. The van der Waals surface area contributed by atoms with Gasteiger partial charge in [-0.1, -0.05) is 140 Å². The van der Waals surface area contributed by atoms with Crippen molar-refractivity contribution in [2.75, 3.05) is 4.90 Å². The van der Waals surface area contributed by atoms with Gasteiger partial charge in [0.25, 0.3) is 0 Å². The molecule has 0 aliphatic rings. The van der Waals surface area contributed by atoms with E-state index < -0.39 is 0 Å². The van der Waals surface area contributed by atoms with Crippen LogP contribution in [0.2, 0.25) is 0 Å². The van der Waals surface area contributed by atoms with Crippen LogP contribution >= 0.6 is 22.7 Å². The lowest BCUT2D eigenvalue weighted by molar-refractivity contribution is 1.31. The maximum absolute atomic E-state index is 2.46. The molecule has 2 aromatic heterocycles. The highest BCUT2D eigenvalue weighted by Crippen LogP contribution is 2.47. The van der Waals surface area contributed by atoms with E-state index >= 15 is 0 Å². The molecule has 0 bridgehead atoms. The molecular weight excluding hydrogens is 679 g/mol. The first kappa shape index (κ1) is 30.4. The van der Waals surface area contributed by atoms with Gasteiger partial charge in [0.2, 0.25) is 0 Å². The molecule has 0 saturated carbocycles. The van der Waals surface area contributed by atoms with Gasteiger partial charge in [-0.2, -0.15) is 0 Å². The largest absolute Gasteiger partial charge is 0.310 e. The molecule has 1 nitrogen and oxygen atoms in total. The molecule has 11 rings (SSSR count). The molecule has 0 atom stereocenters. The molecule has 0 N–H and O–H groups in total. The Hall–Kier alpha value is -6.26. The summed E-state index contributed by atoms with van der Waals surface area (Å²) in [7, 11) is 0. The van der Waals surface area contributed by atoms with Gasteiger partial charge in [-0.05, 0) is 92.3 Å². The minimum absolute atomic E-state index is 1.13. The van der Waals surface area contributed by atoms with E-state index in [-0.39, 0.29) is 0 Å². The molecular formula is C50H31NS2. The number of benzene rings is 9. The Morgan fingerprint density at radius 1 is 0.321 bits per heavy atom. The molecule has 0 amide bonds. The number of anilines is 3. The molecule has 0 fully saturated rings. The topological polar surface area (TPSA) is 3.24 Å². The molecule has 53 heavy (non-hydrogen) atoms. The summed E-state index contributed by atoms with van der Waals surface area (Å²) in [6.45, 7) is 0. The molecule has 0 radical (unpaired) electrons. The number of rotatable bonds is 5. The fourth-order valence-electron chi connectivity index (χ4n) is 8.27. The van der Waals surface area contributed by atoms with Gasteiger partial charge >= 0.3 is 0 Å². The zero-order chi connectivity index (χ0) is 34.9. The number of fused-ring (bicyclic) bond motifs is 9. The van der Waals surface area contributed by atoms with Gasteiger partial charge in [0.05, 0.1) is 5.69 Å². The molecule has 2 heterocycles. The van der Waals surface area contributed by atoms with E-state index in [2.05, 4.69) is 193 Å². The molecule has 3 heteroatoms. The highest BCUT2D eigenvalue weighted by Gasteiger charge is 2.20. The van der Waals surface area contributed by atoms with Gasteiger partial charge in [0.15, 0.2) is 0 Å². The summed E-state index contributed by atoms with van der Waals surface area (Å²) in [4.78, 5) is 2.46. The van der Waals surface area contributed by atoms with Crippen molar-refractivity contribution in [3.05, 3.63) is 188 Å². The second kappa shape index (κ2) is 12.2. The van der Waals surface area contributed by atoms with Gasteiger partial charge in [-0.15, -0.1) is 22.7 Å². The van der Waals surface area contributed by atoms with E-state index in [0.717, 1.165) is 11.4 Å². The predicted octanol–water partition coefficient (Wildman–Crippen LogP) is 15.5. The van der Waals surface area contributed by atoms with Gasteiger partial charge in [-0.3, -0.25) is 0 Å². The van der Waals surface area contributed by atoms with Crippen LogP contribution in [0.25, 0.3) is 84.1 Å². The smallest absolute Gasteiger partial charge is 0.0554 e. The van der Waals surface area contributed by atoms with Crippen molar-refractivity contribution in [2.24, 2.45) is 0 Å². The van der Waals surface area contributed by atoms with Crippen LogP contribution in [0, 0.1) is 0 Å². The summed E-state index contributed by atoms with van der Waals surface area (Å²) >= 11 is 3.75. The van der Waals surface area contributed by atoms with Gasteiger partial charge in [0, 0.05) is 51.7 Å². The molecule has 248 valence electrons. The number of hydrogen-bond donors (Lipinski definition) is 0. The summed E-state index contributed by atoms with van der Waals surface area (Å²) in [5.41, 5.74) is 8.40. The van der Waals surface area contributed by atoms with E-state index in [0.29, 0.717) is 0 Å². The monoisotopic (exact) mass is 709 g/mol. The van der Waals surface area contributed by atoms with Crippen molar-refractivity contribution in [1.82, 2.24) is 0 Å². The lowest BCUT2D eigenvalue weighted by Gasteiger charge is -2.27. The molecule has 11 aromatic rings. The summed E-state index contributed by atoms with van der Waals surface area (Å²) in [5.74, 6) is 0. The Morgan fingerprint density at radius 2 is 0.925 bits per heavy atom. The fraction of sp³-hybridized carbons (Fsp3) is 0. The Morgan fingerprint density at radius 3 is 1.75 bits per heavy atom. The molecule has 0 spiro atoms. The van der Waals surface area contributed by atoms with Crippen molar-refractivity contribution in [3.8, 4) is 22.3 Å². The van der Waals surface area contributed by atoms with Crippen LogP contribution in [0.4, 0.5) is 17.1 Å². The molecule has 0 unspecified atom stereocenters. The van der Waals surface area contributed by atoms with E-state index in [1.807, 2.05) is 22.7 Å². The summed E-state index contributed by atoms with van der Waals surface area (Å²) in [6, 6.07) is 69.1. The number of hydrogen-bond acceptors (Lipinski definition) is 3. The second-order valence-electron chi connectivity index (χ2n) is 13.6. The van der Waals surface area contributed by atoms with Crippen molar-refractivity contribution < 1.29 is 0 Å². The Labute approximate surface area is 315 Å². The van der Waals surface area contributed by atoms with Crippen molar-refractivity contribution in [3.63, 3.8) is 0 Å². The van der Waals surface area contributed by atoms with Gasteiger partial charge in [0.1, 0.15) is 0 Å². The predicted molar refractivity (Wildman–Crippen MR) is 233 cm³/mol. The lowest BCUT2D eigenvalue weighted by atomic mass is 9.91. The zero-order valence-corrected chi connectivity index (χ0v) is 30.3. The first-order valence-electron chi connectivity index (χ1n) is 18.0. The zero-order valence-electron chi connectivity index (χ0n) is 28.7. The minimum Gasteiger partial charge on any atom is -0.310 e. The van der Waals surface area contributed by atoms with Crippen molar-refractivity contribution in [1.29, 1.82) is 0 Å². The minimum atomic E-state index is 1.13. The average Bonchev–Trinajstić information content (AvgIpc) is 3.80. The lowest BCUT2D eigenvalue weighted by Crippen LogP contribution is -2.10. The standard InChI is InChI=1S/C50H31NS2/c1-2-11-32(12-3-1)38-18-8-14-35-15-9-19-39(48(35)38)34-23-26-36(27-24-34)51(43-20-10-22-45-50(43)41-17-6-7-21-44(41)52-45)37-28-29-42-47(31-37)53-46-30-25-33-13-4-5-16-40(33)49(42)46/h1-31H. The number of nitrogens with zero attached hydrogens (tertiary/aromatic N) is 1. The van der Waals surface area contributed by atoms with Crippen LogP contribution in [0.3, 0.4) is 0 Å². The van der Waals surface area contributed by atoms with Crippen LogP contribution < -0.4 is 4.90 Å². The van der Waals surface area contributed by atoms with Gasteiger partial charge < -0.3 is 4.90 Å². The van der Waals surface area contributed by atoms with Crippen molar-refractivity contribution in [2.45, 2.75) is 0 Å². The second-order valence-corrected chi connectivity index (χ2v) is 15.8. The van der Waals surface area contributed by atoms with Crippen LogP contribution in [-0.2, 0) is 0 Å². The highest BCUT2D eigenvalue weighted by atomic mass is 32.1. The third-order valence-electron chi connectivity index (χ3n) is 10.7. The number of thiophene rings is 2. The third-order valence-corrected chi connectivity index (χ3v) is 12.9. The van der Waals surface area contributed by atoms with Crippen molar-refractivity contribution >= 4 is 102 Å². The van der Waals surface area contributed by atoms with Crippen LogP contribution in [0.15, 0.2) is 188 Å². The SMILES string of the molecule is c1ccc(-c2cccc3cccc(-c4ccc(N(c5ccc6c(c5)sc5ccc7ccccc7c56)c5cccc6sc7ccccc7c56)cc4)c23)cc1. The quantitative estimate of drug-likeness (QED) is 0.172. The third kappa shape index (κ3) is 4.89. The Bertz CT molecular complexity index is 3160. The van der Waals surface area contributed by atoms with E-state index in [9.17, 15) is 0 Å². The first-order valence-corrected chi connectivity index (χ1v) is 19.6. The van der Waals surface area contributed by atoms with E-state index in [1.54, 1.807) is 0 Å². The summed E-state index contributed by atoms with van der Waals surface area (Å²) < 4.78 is 5.22. The van der Waals surface area contributed by atoms with E-state index in [4.69, 9.17) is 0 Å². The summed E-state index contributed by atoms with van der Waals surface area (Å²) in [6.07, 6.45) is 0. The van der Waals surface area contributed by atoms with Gasteiger partial charge in [-0.25, -0.2) is 0 Å². The maximum Gasteiger partial charge on any atom is 0.0554 e. The molecule has 0 aliphatic carbocycles. The maximum atomic E-state index is 2.46.